The lowest BCUT2D eigenvalue weighted by atomic mass is 10.3. The fourth-order valence-electron chi connectivity index (χ4n) is 1.46. The predicted molar refractivity (Wildman–Crippen MR) is 66.4 cm³/mol. The third-order valence-corrected chi connectivity index (χ3v) is 2.35. The molecule has 1 heterocycles. The van der Waals surface area contributed by atoms with Gasteiger partial charge in [-0.15, -0.1) is 0 Å². The van der Waals surface area contributed by atoms with Crippen molar-refractivity contribution >= 4 is 5.84 Å². The van der Waals surface area contributed by atoms with Gasteiger partial charge in [0, 0.05) is 25.0 Å². The van der Waals surface area contributed by atoms with Crippen LogP contribution in [0, 0.1) is 6.92 Å². The molecule has 1 aromatic rings. The molecule has 88 valence electrons. The Hall–Kier alpha value is -1.62. The first-order valence-corrected chi connectivity index (χ1v) is 5.37. The highest BCUT2D eigenvalue weighted by Crippen LogP contribution is 2.05. The fraction of sp³-hybridized carbons (Fsp3) is 0.455. The van der Waals surface area contributed by atoms with Gasteiger partial charge in [0.05, 0.1) is 6.33 Å². The Morgan fingerprint density at radius 3 is 3.12 bits per heavy atom. The third-order valence-electron chi connectivity index (χ3n) is 2.35. The van der Waals surface area contributed by atoms with Crippen molar-refractivity contribution in [3.63, 3.8) is 0 Å². The highest BCUT2D eigenvalue weighted by Gasteiger charge is 2.08. The lowest BCUT2D eigenvalue weighted by molar-refractivity contribution is 0.604. The maximum Gasteiger partial charge on any atom is 0.151 e. The fourth-order valence-corrected chi connectivity index (χ4v) is 1.46. The maximum atomic E-state index is 5.76. The summed E-state index contributed by atoms with van der Waals surface area (Å²) in [4.78, 5) is 8.18. The molecule has 16 heavy (non-hydrogen) atoms. The molecule has 0 radical (unpaired) electrons. The van der Waals surface area contributed by atoms with Crippen molar-refractivity contribution < 1.29 is 0 Å². The van der Waals surface area contributed by atoms with E-state index >= 15 is 0 Å². The van der Waals surface area contributed by atoms with E-state index in [1.807, 2.05) is 6.92 Å². The van der Waals surface area contributed by atoms with Crippen LogP contribution < -0.4 is 11.1 Å². The first kappa shape index (κ1) is 12.4. The zero-order chi connectivity index (χ0) is 12.0. The Morgan fingerprint density at radius 2 is 2.50 bits per heavy atom. The quantitative estimate of drug-likeness (QED) is 0.421. The van der Waals surface area contributed by atoms with E-state index < -0.39 is 0 Å². The van der Waals surface area contributed by atoms with E-state index in [9.17, 15) is 0 Å². The topological polar surface area (TPSA) is 68.2 Å². The van der Waals surface area contributed by atoms with Gasteiger partial charge >= 0.3 is 0 Å². The van der Waals surface area contributed by atoms with E-state index in [1.54, 1.807) is 6.33 Å². The molecule has 5 heteroatoms. The minimum Gasteiger partial charge on any atom is -0.382 e. The van der Waals surface area contributed by atoms with Gasteiger partial charge in [-0.25, -0.2) is 9.98 Å². The number of imidazole rings is 1. The minimum atomic E-state index is 0.412. The maximum absolute atomic E-state index is 5.76. The Balaban J connectivity index is 2.76. The van der Waals surface area contributed by atoms with Crippen LogP contribution in [0.25, 0.3) is 0 Å². The summed E-state index contributed by atoms with van der Waals surface area (Å²) in [5.41, 5.74) is 7.52. The number of nitrogens with two attached hydrogens (primary N) is 1. The molecule has 0 unspecified atom stereocenters. The van der Waals surface area contributed by atoms with Crippen LogP contribution in [0.15, 0.2) is 24.1 Å². The molecule has 0 aliphatic heterocycles. The van der Waals surface area contributed by atoms with Gasteiger partial charge in [-0.1, -0.05) is 13.5 Å². The Labute approximate surface area is 96.1 Å². The minimum absolute atomic E-state index is 0.412. The summed E-state index contributed by atoms with van der Waals surface area (Å²) in [6, 6.07) is 0. The SMILES string of the molecule is C=CN=C(N)c1ncn(CCNCC)c1C. The molecule has 3 N–H and O–H groups in total. The predicted octanol–water partition coefficient (Wildman–Crippen LogP) is 0.650. The van der Waals surface area contributed by atoms with E-state index in [0.717, 1.165) is 31.0 Å². The van der Waals surface area contributed by atoms with E-state index in [-0.39, 0.29) is 0 Å². The number of likely N-dealkylation sites (N-methyl/N-ethyl adjacent to an activating group) is 1. The average Bonchev–Trinajstić information content (AvgIpc) is 2.61. The molecular formula is C11H19N5. The van der Waals surface area contributed by atoms with E-state index in [1.165, 1.54) is 6.20 Å². The molecule has 0 aromatic carbocycles. The lowest BCUT2D eigenvalue weighted by Gasteiger charge is -2.05. The number of hydrogen-bond acceptors (Lipinski definition) is 3. The summed E-state index contributed by atoms with van der Waals surface area (Å²) in [6.45, 7) is 10.4. The van der Waals surface area contributed by atoms with Gasteiger partial charge in [-0.3, -0.25) is 0 Å². The molecule has 0 spiro atoms. The molecule has 0 saturated heterocycles. The van der Waals surface area contributed by atoms with Crippen LogP contribution in [0.1, 0.15) is 18.3 Å². The van der Waals surface area contributed by atoms with Crippen LogP contribution >= 0.6 is 0 Å². The number of hydrogen-bond donors (Lipinski definition) is 2. The standard InChI is InChI=1S/C11H19N5/c1-4-13-6-7-16-8-15-10(9(16)3)11(12)14-5-2/h5,8,13H,2,4,6-7H2,1,3H3,(H2,12,14). The molecule has 0 saturated carbocycles. The Kier molecular flexibility index (Phi) is 4.72. The zero-order valence-corrected chi connectivity index (χ0v) is 9.90. The molecule has 1 aromatic heterocycles. The summed E-state index contributed by atoms with van der Waals surface area (Å²) in [5.74, 6) is 0.412. The molecule has 0 bridgehead atoms. The van der Waals surface area contributed by atoms with Gasteiger partial charge in [-0.05, 0) is 13.5 Å². The second-order valence-electron chi connectivity index (χ2n) is 3.42. The highest BCUT2D eigenvalue weighted by atomic mass is 15.1. The largest absolute Gasteiger partial charge is 0.382 e. The van der Waals surface area contributed by atoms with Gasteiger partial charge in [0.2, 0.25) is 0 Å². The van der Waals surface area contributed by atoms with Crippen molar-refractivity contribution in [1.82, 2.24) is 14.9 Å². The van der Waals surface area contributed by atoms with Gasteiger partial charge in [0.1, 0.15) is 5.69 Å². The van der Waals surface area contributed by atoms with Crippen molar-refractivity contribution in [2.45, 2.75) is 20.4 Å². The summed E-state index contributed by atoms with van der Waals surface area (Å²) in [6.07, 6.45) is 3.21. The number of rotatable bonds is 6. The third kappa shape index (κ3) is 2.93. The normalized spacial score (nSPS) is 11.8. The van der Waals surface area contributed by atoms with Gasteiger partial charge < -0.3 is 15.6 Å². The van der Waals surface area contributed by atoms with Crippen LogP contribution in [0.5, 0.6) is 0 Å². The molecular weight excluding hydrogens is 202 g/mol. The van der Waals surface area contributed by atoms with Crippen LogP contribution in [0.3, 0.4) is 0 Å². The number of aromatic nitrogens is 2. The summed E-state index contributed by atoms with van der Waals surface area (Å²) >= 11 is 0. The van der Waals surface area contributed by atoms with Crippen LogP contribution in [0.4, 0.5) is 0 Å². The second kappa shape index (κ2) is 6.07. The smallest absolute Gasteiger partial charge is 0.151 e. The van der Waals surface area contributed by atoms with E-state index in [0.29, 0.717) is 5.84 Å². The molecule has 0 aliphatic carbocycles. The summed E-state index contributed by atoms with van der Waals surface area (Å²) in [7, 11) is 0. The zero-order valence-electron chi connectivity index (χ0n) is 9.90. The van der Waals surface area contributed by atoms with Crippen molar-refractivity contribution in [2.24, 2.45) is 10.7 Å². The van der Waals surface area contributed by atoms with E-state index in [4.69, 9.17) is 5.73 Å². The molecule has 0 amide bonds. The number of aliphatic imine (C=N–C) groups is 1. The first-order valence-electron chi connectivity index (χ1n) is 5.37. The molecule has 0 aliphatic rings. The number of nitrogens with zero attached hydrogens (tertiary/aromatic N) is 3. The van der Waals surface area contributed by atoms with E-state index in [2.05, 4.69) is 33.4 Å². The van der Waals surface area contributed by atoms with Crippen molar-refractivity contribution in [3.05, 3.63) is 30.5 Å². The van der Waals surface area contributed by atoms with Gasteiger partial charge in [-0.2, -0.15) is 0 Å². The van der Waals surface area contributed by atoms with Gasteiger partial charge in [0.15, 0.2) is 5.84 Å². The Bertz CT molecular complexity index is 378. The highest BCUT2D eigenvalue weighted by molar-refractivity contribution is 5.97. The van der Waals surface area contributed by atoms with Gasteiger partial charge in [0.25, 0.3) is 0 Å². The van der Waals surface area contributed by atoms with Crippen LogP contribution in [0.2, 0.25) is 0 Å². The lowest BCUT2D eigenvalue weighted by Crippen LogP contribution is -2.20. The molecule has 0 atom stereocenters. The first-order chi connectivity index (χ1) is 7.70. The van der Waals surface area contributed by atoms with Crippen molar-refractivity contribution in [1.29, 1.82) is 0 Å². The second-order valence-corrected chi connectivity index (χ2v) is 3.42. The average molecular weight is 221 g/mol. The number of amidine groups is 1. The molecule has 5 nitrogen and oxygen atoms in total. The van der Waals surface area contributed by atoms with Crippen molar-refractivity contribution in [2.75, 3.05) is 13.1 Å². The summed E-state index contributed by atoms with van der Waals surface area (Å²) < 4.78 is 2.06. The molecule has 1 rings (SSSR count). The molecule has 0 fully saturated rings. The van der Waals surface area contributed by atoms with Crippen molar-refractivity contribution in [3.8, 4) is 0 Å². The van der Waals surface area contributed by atoms with Crippen LogP contribution in [-0.4, -0.2) is 28.5 Å². The van der Waals surface area contributed by atoms with Crippen LogP contribution in [-0.2, 0) is 6.54 Å². The monoisotopic (exact) mass is 221 g/mol. The number of nitrogens with one attached hydrogen (secondary N) is 1. The Morgan fingerprint density at radius 1 is 1.75 bits per heavy atom. The summed E-state index contributed by atoms with van der Waals surface area (Å²) in [5, 5.41) is 3.26.